The van der Waals surface area contributed by atoms with Crippen molar-refractivity contribution in [3.63, 3.8) is 0 Å². The molecule has 5 heteroatoms. The van der Waals surface area contributed by atoms with Gasteiger partial charge >= 0.3 is 0 Å². The lowest BCUT2D eigenvalue weighted by Gasteiger charge is -2.23. The molecule has 21 heavy (non-hydrogen) atoms. The highest BCUT2D eigenvalue weighted by Crippen LogP contribution is 2.12. The zero-order valence-corrected chi connectivity index (χ0v) is 12.6. The van der Waals surface area contributed by atoms with E-state index in [9.17, 15) is 5.11 Å². The maximum Gasteiger partial charge on any atom is 0.120 e. The van der Waals surface area contributed by atoms with E-state index in [0.717, 1.165) is 0 Å². The highest BCUT2D eigenvalue weighted by Gasteiger charge is 2.14. The molecule has 2 unspecified atom stereocenters. The van der Waals surface area contributed by atoms with Gasteiger partial charge in [0.1, 0.15) is 18.5 Å². The van der Waals surface area contributed by atoms with E-state index in [4.69, 9.17) is 15.1 Å². The smallest absolute Gasteiger partial charge is 0.120 e. The molecular weight excluding hydrogens is 268 g/mol. The predicted molar refractivity (Wildman–Crippen MR) is 81.0 cm³/mol. The first-order valence-corrected chi connectivity index (χ1v) is 7.22. The van der Waals surface area contributed by atoms with E-state index in [1.165, 1.54) is 0 Å². The summed E-state index contributed by atoms with van der Waals surface area (Å²) in [6, 6.07) is 9.06. The van der Waals surface area contributed by atoms with E-state index in [-0.39, 0.29) is 19.3 Å². The van der Waals surface area contributed by atoms with E-state index >= 15 is 0 Å². The van der Waals surface area contributed by atoms with Gasteiger partial charge in [-0.2, -0.15) is 5.26 Å². The van der Waals surface area contributed by atoms with Crippen molar-refractivity contribution < 1.29 is 14.9 Å². The molecule has 0 radical (unpaired) electrons. The van der Waals surface area contributed by atoms with E-state index in [1.54, 1.807) is 24.3 Å². The SMILES string of the molecule is CC(C)C(CCO)NCC(O)COc1cccc(C#N)c1. The van der Waals surface area contributed by atoms with Crippen LogP contribution < -0.4 is 10.1 Å². The van der Waals surface area contributed by atoms with Crippen LogP contribution in [0.15, 0.2) is 24.3 Å². The van der Waals surface area contributed by atoms with Crippen molar-refractivity contribution in [2.24, 2.45) is 5.92 Å². The Hall–Kier alpha value is -1.61. The minimum absolute atomic E-state index is 0.128. The molecule has 0 fully saturated rings. The lowest BCUT2D eigenvalue weighted by molar-refractivity contribution is 0.0995. The highest BCUT2D eigenvalue weighted by molar-refractivity contribution is 5.36. The Labute approximate surface area is 126 Å². The normalized spacial score (nSPS) is 13.7. The molecule has 0 saturated heterocycles. The van der Waals surface area contributed by atoms with Crippen LogP contribution in [0.3, 0.4) is 0 Å². The van der Waals surface area contributed by atoms with Gasteiger partial charge < -0.3 is 20.3 Å². The van der Waals surface area contributed by atoms with E-state index in [2.05, 4.69) is 19.2 Å². The molecule has 0 aliphatic heterocycles. The van der Waals surface area contributed by atoms with Gasteiger partial charge in [0, 0.05) is 19.2 Å². The summed E-state index contributed by atoms with van der Waals surface area (Å²) in [6.45, 7) is 4.84. The Bertz CT molecular complexity index is 457. The number of rotatable bonds is 9. The van der Waals surface area contributed by atoms with Crippen LogP contribution in [0.25, 0.3) is 0 Å². The number of aliphatic hydroxyl groups is 2. The second-order valence-corrected chi connectivity index (χ2v) is 5.38. The molecular formula is C16H24N2O3. The summed E-state index contributed by atoms with van der Waals surface area (Å²) < 4.78 is 5.47. The van der Waals surface area contributed by atoms with E-state index < -0.39 is 6.10 Å². The van der Waals surface area contributed by atoms with Gasteiger partial charge in [-0.05, 0) is 30.5 Å². The monoisotopic (exact) mass is 292 g/mol. The van der Waals surface area contributed by atoms with Crippen LogP contribution in [0.2, 0.25) is 0 Å². The lowest BCUT2D eigenvalue weighted by Crippen LogP contribution is -2.41. The van der Waals surface area contributed by atoms with Gasteiger partial charge in [-0.15, -0.1) is 0 Å². The van der Waals surface area contributed by atoms with E-state index in [1.807, 2.05) is 6.07 Å². The molecule has 0 heterocycles. The third-order valence-electron chi connectivity index (χ3n) is 3.27. The molecule has 0 spiro atoms. The van der Waals surface area contributed by atoms with Crippen molar-refractivity contribution in [1.82, 2.24) is 5.32 Å². The van der Waals surface area contributed by atoms with Gasteiger partial charge in [0.05, 0.1) is 11.6 Å². The Morgan fingerprint density at radius 2 is 2.14 bits per heavy atom. The molecule has 116 valence electrons. The van der Waals surface area contributed by atoms with Gasteiger partial charge in [0.15, 0.2) is 0 Å². The first-order chi connectivity index (χ1) is 10.1. The van der Waals surface area contributed by atoms with Gasteiger partial charge in [0.2, 0.25) is 0 Å². The number of nitrogens with one attached hydrogen (secondary N) is 1. The summed E-state index contributed by atoms with van der Waals surface area (Å²) in [5, 5.41) is 31.0. The molecule has 5 nitrogen and oxygen atoms in total. The molecule has 1 rings (SSSR count). The fourth-order valence-electron chi connectivity index (χ4n) is 2.00. The predicted octanol–water partition coefficient (Wildman–Crippen LogP) is 1.29. The first-order valence-electron chi connectivity index (χ1n) is 7.22. The van der Waals surface area contributed by atoms with Crippen molar-refractivity contribution in [1.29, 1.82) is 5.26 Å². The lowest BCUT2D eigenvalue weighted by atomic mass is 10.0. The molecule has 0 aliphatic rings. The Morgan fingerprint density at radius 1 is 1.38 bits per heavy atom. The summed E-state index contributed by atoms with van der Waals surface area (Å²) in [7, 11) is 0. The number of hydrogen-bond acceptors (Lipinski definition) is 5. The van der Waals surface area contributed by atoms with Crippen LogP contribution in [0, 0.1) is 17.2 Å². The van der Waals surface area contributed by atoms with Crippen molar-refractivity contribution in [3.8, 4) is 11.8 Å². The maximum atomic E-state index is 9.92. The number of nitriles is 1. The second kappa shape index (κ2) is 9.35. The fourth-order valence-corrected chi connectivity index (χ4v) is 2.00. The molecule has 0 bridgehead atoms. The number of hydrogen-bond donors (Lipinski definition) is 3. The van der Waals surface area contributed by atoms with Crippen molar-refractivity contribution in [2.75, 3.05) is 19.8 Å². The molecule has 0 aliphatic carbocycles. The molecule has 3 N–H and O–H groups in total. The quantitative estimate of drug-likeness (QED) is 0.638. The molecule has 0 amide bonds. The van der Waals surface area contributed by atoms with Crippen molar-refractivity contribution >= 4 is 0 Å². The van der Waals surface area contributed by atoms with Crippen LogP contribution in [0.4, 0.5) is 0 Å². The number of aliphatic hydroxyl groups excluding tert-OH is 2. The largest absolute Gasteiger partial charge is 0.491 e. The van der Waals surface area contributed by atoms with Gasteiger partial charge in [0.25, 0.3) is 0 Å². The Kier molecular flexibility index (Phi) is 7.76. The third-order valence-corrected chi connectivity index (χ3v) is 3.27. The second-order valence-electron chi connectivity index (χ2n) is 5.38. The molecule has 2 atom stereocenters. The summed E-state index contributed by atoms with van der Waals surface area (Å²) >= 11 is 0. The fraction of sp³-hybridized carbons (Fsp3) is 0.562. The summed E-state index contributed by atoms with van der Waals surface area (Å²) in [6.07, 6.45) is 0.0193. The average molecular weight is 292 g/mol. The molecule has 1 aromatic carbocycles. The highest BCUT2D eigenvalue weighted by atomic mass is 16.5. The van der Waals surface area contributed by atoms with Crippen LogP contribution in [0.1, 0.15) is 25.8 Å². The standard InChI is InChI=1S/C16H24N2O3/c1-12(2)16(6-7-19)18-10-14(20)11-21-15-5-3-4-13(8-15)9-17/h3-5,8,12,14,16,18-20H,6-7,10-11H2,1-2H3. The van der Waals surface area contributed by atoms with Crippen molar-refractivity contribution in [3.05, 3.63) is 29.8 Å². The minimum atomic E-state index is -0.643. The van der Waals surface area contributed by atoms with Crippen LogP contribution in [-0.4, -0.2) is 42.1 Å². The third kappa shape index (κ3) is 6.58. The Balaban J connectivity index is 2.36. The minimum Gasteiger partial charge on any atom is -0.491 e. The van der Waals surface area contributed by atoms with E-state index in [0.29, 0.717) is 30.2 Å². The zero-order valence-electron chi connectivity index (χ0n) is 12.6. The topological polar surface area (TPSA) is 85.5 Å². The Morgan fingerprint density at radius 3 is 2.76 bits per heavy atom. The van der Waals surface area contributed by atoms with Crippen LogP contribution in [0.5, 0.6) is 5.75 Å². The van der Waals surface area contributed by atoms with Crippen LogP contribution >= 0.6 is 0 Å². The first kappa shape index (κ1) is 17.4. The van der Waals surface area contributed by atoms with Gasteiger partial charge in [-0.3, -0.25) is 0 Å². The molecule has 0 saturated carbocycles. The molecule has 0 aromatic heterocycles. The maximum absolute atomic E-state index is 9.92. The van der Waals surface area contributed by atoms with Crippen LogP contribution in [-0.2, 0) is 0 Å². The summed E-state index contributed by atoms with van der Waals surface area (Å²) in [4.78, 5) is 0. The van der Waals surface area contributed by atoms with Gasteiger partial charge in [-0.1, -0.05) is 19.9 Å². The average Bonchev–Trinajstić information content (AvgIpc) is 2.49. The zero-order chi connectivity index (χ0) is 15.7. The number of ether oxygens (including phenoxy) is 1. The summed E-state index contributed by atoms with van der Waals surface area (Å²) in [5.41, 5.74) is 0.530. The van der Waals surface area contributed by atoms with Crippen molar-refractivity contribution in [2.45, 2.75) is 32.4 Å². The molecule has 1 aromatic rings. The summed E-state index contributed by atoms with van der Waals surface area (Å²) in [5.74, 6) is 0.960. The number of benzene rings is 1. The number of nitrogens with zero attached hydrogens (tertiary/aromatic N) is 1. The van der Waals surface area contributed by atoms with Gasteiger partial charge in [-0.25, -0.2) is 0 Å².